The van der Waals surface area contributed by atoms with Crippen molar-refractivity contribution >= 4 is 9.84 Å². The second-order valence-electron chi connectivity index (χ2n) is 2.91. The van der Waals surface area contributed by atoms with Crippen molar-refractivity contribution in [3.63, 3.8) is 0 Å². The maximum Gasteiger partial charge on any atom is 0.150 e. The van der Waals surface area contributed by atoms with Crippen molar-refractivity contribution in [2.45, 2.75) is 12.8 Å². The number of hydrogen-bond donors (Lipinski definition) is 1. The first-order chi connectivity index (χ1) is 5.64. The van der Waals surface area contributed by atoms with Crippen LogP contribution in [0.15, 0.2) is 0 Å². The minimum Gasteiger partial charge on any atom is -0.384 e. The second kappa shape index (κ2) is 3.92. The van der Waals surface area contributed by atoms with E-state index in [0.717, 1.165) is 0 Å². The molecule has 0 spiro atoms. The third kappa shape index (κ3) is 2.84. The Kier molecular flexibility index (Phi) is 3.12. The molecule has 1 rings (SSSR count). The van der Waals surface area contributed by atoms with E-state index in [1.165, 1.54) is 0 Å². The highest BCUT2D eigenvalue weighted by atomic mass is 32.2. The molecule has 0 bridgehead atoms. The van der Waals surface area contributed by atoms with Crippen molar-refractivity contribution in [1.29, 1.82) is 0 Å². The minimum absolute atomic E-state index is 0.136. The summed E-state index contributed by atoms with van der Waals surface area (Å²) in [6, 6.07) is 0. The van der Waals surface area contributed by atoms with Gasteiger partial charge in [0.1, 0.15) is 16.4 Å². The van der Waals surface area contributed by atoms with Gasteiger partial charge < -0.3 is 5.11 Å². The van der Waals surface area contributed by atoms with Gasteiger partial charge in [-0.25, -0.2) is 8.42 Å². The van der Waals surface area contributed by atoms with Crippen molar-refractivity contribution in [3.8, 4) is 11.8 Å². The van der Waals surface area contributed by atoms with Crippen LogP contribution in [0.2, 0.25) is 0 Å². The summed E-state index contributed by atoms with van der Waals surface area (Å²) in [6.07, 6.45) is 1.24. The van der Waals surface area contributed by atoms with E-state index in [-0.39, 0.29) is 24.0 Å². The summed E-state index contributed by atoms with van der Waals surface area (Å²) in [7, 11) is -2.77. The van der Waals surface area contributed by atoms with Gasteiger partial charge in [0.05, 0.1) is 11.5 Å². The standard InChI is InChI=1S/C8H12O3S/c9-5-1-2-8-3-6-12(10,11)7-4-8/h8-9H,3-7H2. The third-order valence-electron chi connectivity index (χ3n) is 1.94. The first-order valence-corrected chi connectivity index (χ1v) is 5.76. The minimum atomic E-state index is -2.77. The Balaban J connectivity index is 2.47. The monoisotopic (exact) mass is 188 g/mol. The Morgan fingerprint density at radius 3 is 2.42 bits per heavy atom. The van der Waals surface area contributed by atoms with Crippen molar-refractivity contribution in [1.82, 2.24) is 0 Å². The van der Waals surface area contributed by atoms with Crippen LogP contribution in [-0.2, 0) is 9.84 Å². The molecule has 12 heavy (non-hydrogen) atoms. The Bertz CT molecular complexity index is 280. The van der Waals surface area contributed by atoms with E-state index in [2.05, 4.69) is 11.8 Å². The van der Waals surface area contributed by atoms with Crippen LogP contribution in [0.4, 0.5) is 0 Å². The quantitative estimate of drug-likeness (QED) is 0.536. The summed E-state index contributed by atoms with van der Waals surface area (Å²) in [6.45, 7) is -0.136. The molecule has 1 fully saturated rings. The van der Waals surface area contributed by atoms with Crippen molar-refractivity contribution in [3.05, 3.63) is 0 Å². The van der Waals surface area contributed by atoms with Crippen molar-refractivity contribution in [2.24, 2.45) is 5.92 Å². The molecular weight excluding hydrogens is 176 g/mol. The van der Waals surface area contributed by atoms with Crippen molar-refractivity contribution in [2.75, 3.05) is 18.1 Å². The van der Waals surface area contributed by atoms with Crippen LogP contribution in [0.25, 0.3) is 0 Å². The number of aliphatic hydroxyl groups is 1. The van der Waals surface area contributed by atoms with Gasteiger partial charge in [-0.3, -0.25) is 0 Å². The smallest absolute Gasteiger partial charge is 0.150 e. The first kappa shape index (κ1) is 9.56. The number of hydrogen-bond acceptors (Lipinski definition) is 3. The molecule has 0 amide bonds. The van der Waals surface area contributed by atoms with Crippen LogP contribution < -0.4 is 0 Å². The van der Waals surface area contributed by atoms with E-state index >= 15 is 0 Å². The maximum atomic E-state index is 11.0. The van der Waals surface area contributed by atoms with E-state index in [4.69, 9.17) is 5.11 Å². The van der Waals surface area contributed by atoms with Gasteiger partial charge in [-0.1, -0.05) is 11.8 Å². The van der Waals surface area contributed by atoms with Gasteiger partial charge in [-0.05, 0) is 12.8 Å². The molecule has 0 aromatic rings. The average Bonchev–Trinajstić information content (AvgIpc) is 2.03. The Hall–Kier alpha value is -0.530. The lowest BCUT2D eigenvalue weighted by molar-refractivity contribution is 0.350. The molecule has 1 aliphatic rings. The Morgan fingerprint density at radius 1 is 1.33 bits per heavy atom. The Morgan fingerprint density at radius 2 is 1.92 bits per heavy atom. The lowest BCUT2D eigenvalue weighted by atomic mass is 10.0. The van der Waals surface area contributed by atoms with Crippen LogP contribution in [0, 0.1) is 17.8 Å². The normalized spacial score (nSPS) is 22.8. The van der Waals surface area contributed by atoms with Gasteiger partial charge in [0.2, 0.25) is 0 Å². The van der Waals surface area contributed by atoms with Crippen LogP contribution in [0.1, 0.15) is 12.8 Å². The zero-order chi connectivity index (χ0) is 9.03. The molecule has 1 aliphatic heterocycles. The van der Waals surface area contributed by atoms with Crippen LogP contribution in [0.3, 0.4) is 0 Å². The molecule has 0 unspecified atom stereocenters. The second-order valence-corrected chi connectivity index (χ2v) is 5.21. The van der Waals surface area contributed by atoms with Gasteiger partial charge in [0.25, 0.3) is 0 Å². The molecule has 0 aliphatic carbocycles. The highest BCUT2D eigenvalue weighted by Crippen LogP contribution is 2.17. The molecule has 0 aromatic heterocycles. The number of aliphatic hydroxyl groups excluding tert-OH is 1. The largest absolute Gasteiger partial charge is 0.384 e. The van der Waals surface area contributed by atoms with Gasteiger partial charge in [0.15, 0.2) is 0 Å². The summed E-state index contributed by atoms with van der Waals surface area (Å²) in [5.41, 5.74) is 0. The number of rotatable bonds is 0. The number of sulfone groups is 1. The molecule has 0 atom stereocenters. The van der Waals surface area contributed by atoms with E-state index in [0.29, 0.717) is 12.8 Å². The highest BCUT2D eigenvalue weighted by molar-refractivity contribution is 7.91. The fourth-order valence-corrected chi connectivity index (χ4v) is 2.72. The molecule has 68 valence electrons. The van der Waals surface area contributed by atoms with E-state index in [1.807, 2.05) is 0 Å². The van der Waals surface area contributed by atoms with Gasteiger partial charge in [0, 0.05) is 5.92 Å². The molecule has 0 saturated carbocycles. The molecule has 1 saturated heterocycles. The molecule has 0 aromatic carbocycles. The maximum absolute atomic E-state index is 11.0. The van der Waals surface area contributed by atoms with Crippen LogP contribution >= 0.6 is 0 Å². The van der Waals surface area contributed by atoms with E-state index in [9.17, 15) is 8.42 Å². The predicted octanol–water partition coefficient (Wildman–Crippen LogP) is -0.193. The predicted molar refractivity (Wildman–Crippen MR) is 46.2 cm³/mol. The summed E-state index contributed by atoms with van der Waals surface area (Å²) in [4.78, 5) is 0. The van der Waals surface area contributed by atoms with Gasteiger partial charge >= 0.3 is 0 Å². The molecule has 1 N–H and O–H groups in total. The summed E-state index contributed by atoms with van der Waals surface area (Å²) >= 11 is 0. The summed E-state index contributed by atoms with van der Waals surface area (Å²) in [5.74, 6) is 6.06. The highest BCUT2D eigenvalue weighted by Gasteiger charge is 2.21. The van der Waals surface area contributed by atoms with E-state index in [1.54, 1.807) is 0 Å². The third-order valence-corrected chi connectivity index (χ3v) is 3.66. The molecule has 0 radical (unpaired) electrons. The molecule has 4 heteroatoms. The zero-order valence-electron chi connectivity index (χ0n) is 6.78. The lowest BCUT2D eigenvalue weighted by Crippen LogP contribution is -2.22. The fraction of sp³-hybridized carbons (Fsp3) is 0.750. The SMILES string of the molecule is O=S1(=O)CCC(C#CCO)CC1. The van der Waals surface area contributed by atoms with Gasteiger partial charge in [-0.2, -0.15) is 0 Å². The van der Waals surface area contributed by atoms with Crippen LogP contribution in [0.5, 0.6) is 0 Å². The summed E-state index contributed by atoms with van der Waals surface area (Å²) < 4.78 is 21.9. The van der Waals surface area contributed by atoms with Crippen LogP contribution in [-0.4, -0.2) is 31.6 Å². The topological polar surface area (TPSA) is 54.4 Å². The fourth-order valence-electron chi connectivity index (χ4n) is 1.22. The summed E-state index contributed by atoms with van der Waals surface area (Å²) in [5, 5.41) is 8.41. The van der Waals surface area contributed by atoms with Gasteiger partial charge in [-0.15, -0.1) is 0 Å². The molecule has 1 heterocycles. The lowest BCUT2D eigenvalue weighted by Gasteiger charge is -2.16. The Labute approximate surface area is 72.7 Å². The van der Waals surface area contributed by atoms with Crippen molar-refractivity contribution < 1.29 is 13.5 Å². The first-order valence-electron chi connectivity index (χ1n) is 3.94. The molecular formula is C8H12O3S. The van der Waals surface area contributed by atoms with E-state index < -0.39 is 9.84 Å². The average molecular weight is 188 g/mol. The molecule has 3 nitrogen and oxygen atoms in total. The zero-order valence-corrected chi connectivity index (χ0v) is 7.60.